The molecule has 162 valence electrons. The van der Waals surface area contributed by atoms with Crippen LogP contribution < -0.4 is 10.0 Å². The molecule has 2 N–H and O–H groups in total. The van der Waals surface area contributed by atoms with Crippen LogP contribution in [0.2, 0.25) is 0 Å². The van der Waals surface area contributed by atoms with E-state index in [-0.39, 0.29) is 16.6 Å². The monoisotopic (exact) mass is 439 g/mol. The van der Waals surface area contributed by atoms with Crippen LogP contribution in [0.5, 0.6) is 0 Å². The molecule has 31 heavy (non-hydrogen) atoms. The van der Waals surface area contributed by atoms with E-state index in [0.717, 1.165) is 11.3 Å². The Balaban J connectivity index is 1.95. The summed E-state index contributed by atoms with van der Waals surface area (Å²) in [6.45, 7) is 5.71. The first-order chi connectivity index (χ1) is 14.7. The van der Waals surface area contributed by atoms with E-state index in [0.29, 0.717) is 17.9 Å². The van der Waals surface area contributed by atoms with Crippen LogP contribution in [0.25, 0.3) is 0 Å². The summed E-state index contributed by atoms with van der Waals surface area (Å²) in [4.78, 5) is 16.5. The summed E-state index contributed by atoms with van der Waals surface area (Å²) in [5.74, 6) is -0.585. The molecule has 0 spiro atoms. The van der Waals surface area contributed by atoms with Crippen LogP contribution in [0.4, 0.5) is 11.4 Å². The number of rotatable bonds is 8. The minimum atomic E-state index is -3.99. The predicted octanol–water partition coefficient (Wildman–Crippen LogP) is 4.37. The molecule has 0 radical (unpaired) electrons. The lowest BCUT2D eigenvalue weighted by molar-refractivity contribution is 0.0377. The Kier molecular flexibility index (Phi) is 6.91. The summed E-state index contributed by atoms with van der Waals surface area (Å²) in [6.07, 6.45) is 1.35. The molecular weight excluding hydrogens is 414 g/mol. The Morgan fingerprint density at radius 3 is 2.45 bits per heavy atom. The van der Waals surface area contributed by atoms with E-state index in [1.54, 1.807) is 44.3 Å². The van der Waals surface area contributed by atoms with Gasteiger partial charge in [0.1, 0.15) is 4.90 Å². The first-order valence-corrected chi connectivity index (χ1v) is 11.3. The summed E-state index contributed by atoms with van der Waals surface area (Å²) < 4.78 is 34.2. The van der Waals surface area contributed by atoms with Crippen LogP contribution in [0.1, 0.15) is 35.5 Å². The number of ether oxygens (including phenoxy) is 1. The Hall–Kier alpha value is -3.39. The lowest BCUT2D eigenvalue weighted by Gasteiger charge is -2.16. The van der Waals surface area contributed by atoms with Gasteiger partial charge in [-0.05, 0) is 63.2 Å². The Morgan fingerprint density at radius 2 is 1.81 bits per heavy atom. The fraction of sp³-hybridized carbons (Fsp3) is 0.217. The van der Waals surface area contributed by atoms with Crippen LogP contribution in [0.15, 0.2) is 71.8 Å². The number of carbonyl (C=O) groups is 1. The van der Waals surface area contributed by atoms with Crippen molar-refractivity contribution in [2.24, 2.45) is 0 Å². The standard InChI is InChI=1S/C23H25N3O4S/c1-16(2)30-23(27)18-9-12-21(25-15-20-6-4-5-13-24-20)22(14-18)31(28,29)26-19-10-7-17(3)8-11-19/h4-14,16,25-26H,15H2,1-3H3. The van der Waals surface area contributed by atoms with Gasteiger partial charge in [-0.2, -0.15) is 0 Å². The van der Waals surface area contributed by atoms with Crippen LogP contribution in [0.3, 0.4) is 0 Å². The molecule has 0 atom stereocenters. The van der Waals surface area contributed by atoms with Crippen LogP contribution in [-0.2, 0) is 21.3 Å². The third kappa shape index (κ3) is 6.05. The van der Waals surface area contributed by atoms with Crippen molar-refractivity contribution in [3.63, 3.8) is 0 Å². The predicted molar refractivity (Wildman–Crippen MR) is 121 cm³/mol. The number of sulfonamides is 1. The highest BCUT2D eigenvalue weighted by molar-refractivity contribution is 7.92. The van der Waals surface area contributed by atoms with Gasteiger partial charge >= 0.3 is 5.97 Å². The molecule has 0 unspecified atom stereocenters. The summed E-state index contributed by atoms with van der Waals surface area (Å²) in [6, 6.07) is 16.9. The zero-order valence-corrected chi connectivity index (χ0v) is 18.4. The van der Waals surface area contributed by atoms with Crippen molar-refractivity contribution in [3.8, 4) is 0 Å². The average Bonchev–Trinajstić information content (AvgIpc) is 2.74. The molecule has 0 aliphatic carbocycles. The lowest BCUT2D eigenvalue weighted by Crippen LogP contribution is -2.18. The summed E-state index contributed by atoms with van der Waals surface area (Å²) >= 11 is 0. The van der Waals surface area contributed by atoms with Crippen molar-refractivity contribution in [1.82, 2.24) is 4.98 Å². The normalized spacial score (nSPS) is 11.2. The summed E-state index contributed by atoms with van der Waals surface area (Å²) in [5.41, 5.74) is 2.70. The van der Waals surface area contributed by atoms with Gasteiger partial charge in [-0.1, -0.05) is 23.8 Å². The number of hydrogen-bond donors (Lipinski definition) is 2. The minimum absolute atomic E-state index is 0.0535. The first-order valence-electron chi connectivity index (χ1n) is 9.83. The molecule has 3 aromatic rings. The van der Waals surface area contributed by atoms with Gasteiger partial charge in [0.05, 0.1) is 29.6 Å². The van der Waals surface area contributed by atoms with Crippen LogP contribution >= 0.6 is 0 Å². The molecule has 1 heterocycles. The molecule has 2 aromatic carbocycles. The van der Waals surface area contributed by atoms with Gasteiger partial charge in [0, 0.05) is 11.9 Å². The highest BCUT2D eigenvalue weighted by atomic mass is 32.2. The van der Waals surface area contributed by atoms with Crippen LogP contribution in [0, 0.1) is 6.92 Å². The highest BCUT2D eigenvalue weighted by Crippen LogP contribution is 2.26. The summed E-state index contributed by atoms with van der Waals surface area (Å²) in [5, 5.41) is 3.10. The Labute approximate surface area is 182 Å². The van der Waals surface area contributed by atoms with Crippen molar-refractivity contribution in [2.75, 3.05) is 10.0 Å². The van der Waals surface area contributed by atoms with Crippen molar-refractivity contribution < 1.29 is 17.9 Å². The molecule has 3 rings (SSSR count). The second-order valence-corrected chi connectivity index (χ2v) is 8.96. The quantitative estimate of drug-likeness (QED) is 0.506. The zero-order valence-electron chi connectivity index (χ0n) is 17.6. The zero-order chi connectivity index (χ0) is 22.4. The number of esters is 1. The number of hydrogen-bond acceptors (Lipinski definition) is 6. The minimum Gasteiger partial charge on any atom is -0.459 e. The topological polar surface area (TPSA) is 97.4 Å². The Morgan fingerprint density at radius 1 is 1.06 bits per heavy atom. The highest BCUT2D eigenvalue weighted by Gasteiger charge is 2.22. The van der Waals surface area contributed by atoms with Crippen molar-refractivity contribution in [2.45, 2.75) is 38.3 Å². The molecule has 0 aliphatic heterocycles. The van der Waals surface area contributed by atoms with E-state index >= 15 is 0 Å². The number of nitrogens with one attached hydrogen (secondary N) is 2. The third-order valence-corrected chi connectivity index (χ3v) is 5.76. The van der Waals surface area contributed by atoms with E-state index in [4.69, 9.17) is 4.74 Å². The number of aryl methyl sites for hydroxylation is 1. The van der Waals surface area contributed by atoms with E-state index in [1.165, 1.54) is 12.1 Å². The van der Waals surface area contributed by atoms with Gasteiger partial charge < -0.3 is 10.1 Å². The van der Waals surface area contributed by atoms with Gasteiger partial charge in [-0.3, -0.25) is 9.71 Å². The average molecular weight is 440 g/mol. The van der Waals surface area contributed by atoms with E-state index in [9.17, 15) is 13.2 Å². The summed E-state index contributed by atoms with van der Waals surface area (Å²) in [7, 11) is -3.99. The molecule has 0 saturated carbocycles. The van der Waals surface area contributed by atoms with E-state index in [2.05, 4.69) is 15.0 Å². The SMILES string of the molecule is Cc1ccc(NS(=O)(=O)c2cc(C(=O)OC(C)C)ccc2NCc2ccccn2)cc1. The second kappa shape index (κ2) is 9.61. The number of carbonyl (C=O) groups excluding carboxylic acids is 1. The fourth-order valence-corrected chi connectivity index (χ4v) is 4.09. The lowest BCUT2D eigenvalue weighted by atomic mass is 10.2. The van der Waals surface area contributed by atoms with Gasteiger partial charge in [-0.15, -0.1) is 0 Å². The van der Waals surface area contributed by atoms with E-state index in [1.807, 2.05) is 31.2 Å². The van der Waals surface area contributed by atoms with Gasteiger partial charge in [0.15, 0.2) is 0 Å². The number of benzene rings is 2. The smallest absolute Gasteiger partial charge is 0.338 e. The van der Waals surface area contributed by atoms with Crippen molar-refractivity contribution in [1.29, 1.82) is 0 Å². The number of aromatic nitrogens is 1. The van der Waals surface area contributed by atoms with Gasteiger partial charge in [0.25, 0.3) is 10.0 Å². The fourth-order valence-electron chi connectivity index (χ4n) is 2.82. The first kappa shape index (κ1) is 22.3. The Bertz CT molecular complexity index is 1150. The number of pyridine rings is 1. The molecule has 0 aliphatic rings. The molecule has 8 heteroatoms. The molecule has 0 saturated heterocycles. The second-order valence-electron chi connectivity index (χ2n) is 7.31. The third-order valence-electron chi connectivity index (χ3n) is 4.34. The van der Waals surface area contributed by atoms with Gasteiger partial charge in [0.2, 0.25) is 0 Å². The van der Waals surface area contributed by atoms with E-state index < -0.39 is 16.0 Å². The molecular formula is C23H25N3O4S. The maximum Gasteiger partial charge on any atom is 0.338 e. The largest absolute Gasteiger partial charge is 0.459 e. The molecule has 0 bridgehead atoms. The molecule has 1 aromatic heterocycles. The maximum atomic E-state index is 13.2. The molecule has 0 fully saturated rings. The molecule has 7 nitrogen and oxygen atoms in total. The van der Waals surface area contributed by atoms with Gasteiger partial charge in [-0.25, -0.2) is 13.2 Å². The van der Waals surface area contributed by atoms with Crippen molar-refractivity contribution in [3.05, 3.63) is 83.7 Å². The van der Waals surface area contributed by atoms with Crippen LogP contribution in [-0.4, -0.2) is 25.5 Å². The van der Waals surface area contributed by atoms with Crippen molar-refractivity contribution >= 4 is 27.4 Å². The number of nitrogens with zero attached hydrogens (tertiary/aromatic N) is 1. The number of anilines is 2. The molecule has 0 amide bonds. The maximum absolute atomic E-state index is 13.2.